The second kappa shape index (κ2) is 7.13. The summed E-state index contributed by atoms with van der Waals surface area (Å²) in [6.07, 6.45) is 0. The van der Waals surface area contributed by atoms with Crippen LogP contribution in [0.25, 0.3) is 0 Å². The van der Waals surface area contributed by atoms with Gasteiger partial charge in [-0.05, 0) is 49.4 Å². The summed E-state index contributed by atoms with van der Waals surface area (Å²) >= 11 is 3.44. The lowest BCUT2D eigenvalue weighted by Gasteiger charge is -2.12. The molecule has 0 bridgehead atoms. The molecule has 0 atom stereocenters. The Labute approximate surface area is 138 Å². The van der Waals surface area contributed by atoms with Crippen LogP contribution in [-0.4, -0.2) is 15.0 Å². The van der Waals surface area contributed by atoms with Crippen molar-refractivity contribution >= 4 is 31.6 Å². The molecule has 0 aliphatic carbocycles. The molecule has 0 unspecified atom stereocenters. The monoisotopic (exact) mass is 384 g/mol. The van der Waals surface area contributed by atoms with E-state index in [1.165, 1.54) is 12.1 Å². The van der Waals surface area contributed by atoms with Gasteiger partial charge < -0.3 is 10.1 Å². The van der Waals surface area contributed by atoms with Crippen LogP contribution in [0.15, 0.2) is 51.8 Å². The van der Waals surface area contributed by atoms with Gasteiger partial charge in [0.2, 0.25) is 10.0 Å². The number of anilines is 1. The molecule has 0 saturated heterocycles. The molecular formula is C15H17BrN2O3S. The van der Waals surface area contributed by atoms with E-state index < -0.39 is 10.0 Å². The predicted molar refractivity (Wildman–Crippen MR) is 90.5 cm³/mol. The van der Waals surface area contributed by atoms with E-state index in [1.807, 2.05) is 25.1 Å². The average Bonchev–Trinajstić information content (AvgIpc) is 2.47. The van der Waals surface area contributed by atoms with E-state index in [1.54, 1.807) is 12.1 Å². The van der Waals surface area contributed by atoms with Crippen molar-refractivity contribution in [3.05, 3.63) is 52.5 Å². The summed E-state index contributed by atoms with van der Waals surface area (Å²) < 4.78 is 29.0. The van der Waals surface area contributed by atoms with E-state index in [0.29, 0.717) is 13.2 Å². The van der Waals surface area contributed by atoms with Crippen LogP contribution in [0.2, 0.25) is 0 Å². The Kier molecular flexibility index (Phi) is 5.44. The molecule has 0 aliphatic heterocycles. The van der Waals surface area contributed by atoms with Gasteiger partial charge in [-0.15, -0.1) is 0 Å². The Morgan fingerprint density at radius 3 is 2.45 bits per heavy atom. The van der Waals surface area contributed by atoms with Crippen molar-refractivity contribution in [3.63, 3.8) is 0 Å². The zero-order valence-corrected chi connectivity index (χ0v) is 14.4. The minimum absolute atomic E-state index is 0.0931. The Hall–Kier alpha value is -1.57. The minimum Gasteiger partial charge on any atom is -0.494 e. The zero-order valence-electron chi connectivity index (χ0n) is 12.0. The fraction of sp³-hybridized carbons (Fsp3) is 0.200. The third kappa shape index (κ3) is 4.46. The Bertz CT molecular complexity index is 746. The summed E-state index contributed by atoms with van der Waals surface area (Å²) in [6, 6.07) is 12.1. The number of primary sulfonamides is 1. The smallest absolute Gasteiger partial charge is 0.238 e. The number of sulfonamides is 1. The molecule has 0 spiro atoms. The minimum atomic E-state index is -3.66. The molecule has 3 N–H and O–H groups in total. The van der Waals surface area contributed by atoms with Gasteiger partial charge in [0.15, 0.2) is 0 Å². The SMILES string of the molecule is CCOc1ccc(Br)cc1CNc1ccc(S(N)(=O)=O)cc1. The van der Waals surface area contributed by atoms with Crippen LogP contribution in [0.3, 0.4) is 0 Å². The first kappa shape index (κ1) is 16.8. The van der Waals surface area contributed by atoms with Gasteiger partial charge in [-0.1, -0.05) is 15.9 Å². The maximum Gasteiger partial charge on any atom is 0.238 e. The first-order valence-corrected chi connectivity index (χ1v) is 9.02. The predicted octanol–water partition coefficient (Wildman–Crippen LogP) is 3.11. The number of benzene rings is 2. The van der Waals surface area contributed by atoms with Gasteiger partial charge in [0.05, 0.1) is 11.5 Å². The largest absolute Gasteiger partial charge is 0.494 e. The highest BCUT2D eigenvalue weighted by atomic mass is 79.9. The van der Waals surface area contributed by atoms with Gasteiger partial charge >= 0.3 is 0 Å². The molecule has 0 radical (unpaired) electrons. The van der Waals surface area contributed by atoms with Crippen LogP contribution in [0, 0.1) is 0 Å². The number of rotatable bonds is 6. The normalized spacial score (nSPS) is 11.2. The first-order valence-electron chi connectivity index (χ1n) is 6.68. The molecule has 5 nitrogen and oxygen atoms in total. The number of halogens is 1. The molecule has 2 aromatic rings. The van der Waals surface area contributed by atoms with Crippen molar-refractivity contribution in [1.29, 1.82) is 0 Å². The van der Waals surface area contributed by atoms with Gasteiger partial charge in [-0.3, -0.25) is 0 Å². The van der Waals surface area contributed by atoms with E-state index in [9.17, 15) is 8.42 Å². The van der Waals surface area contributed by atoms with Crippen molar-refractivity contribution in [2.24, 2.45) is 5.14 Å². The Balaban J connectivity index is 2.11. The Morgan fingerprint density at radius 2 is 1.86 bits per heavy atom. The number of nitrogens with one attached hydrogen (secondary N) is 1. The van der Waals surface area contributed by atoms with Crippen LogP contribution in [0.5, 0.6) is 5.75 Å². The van der Waals surface area contributed by atoms with Crippen molar-refractivity contribution in [1.82, 2.24) is 0 Å². The van der Waals surface area contributed by atoms with Gasteiger partial charge in [0.25, 0.3) is 0 Å². The second-order valence-corrected chi connectivity index (χ2v) is 7.09. The highest BCUT2D eigenvalue weighted by Crippen LogP contribution is 2.24. The molecular weight excluding hydrogens is 368 g/mol. The van der Waals surface area contributed by atoms with Crippen LogP contribution >= 0.6 is 15.9 Å². The van der Waals surface area contributed by atoms with E-state index in [4.69, 9.17) is 9.88 Å². The molecule has 0 saturated carbocycles. The zero-order chi connectivity index (χ0) is 16.2. The lowest BCUT2D eigenvalue weighted by Crippen LogP contribution is -2.12. The maximum absolute atomic E-state index is 11.2. The summed E-state index contributed by atoms with van der Waals surface area (Å²) in [5.74, 6) is 0.819. The fourth-order valence-corrected chi connectivity index (χ4v) is 2.87. The van der Waals surface area contributed by atoms with Crippen molar-refractivity contribution in [2.45, 2.75) is 18.4 Å². The standard InChI is InChI=1S/C15H17BrN2O3S/c1-2-21-15-8-3-12(16)9-11(15)10-18-13-4-6-14(7-5-13)22(17,19)20/h3-9,18H,2,10H2,1H3,(H2,17,19,20). The highest BCUT2D eigenvalue weighted by Gasteiger charge is 2.08. The summed E-state index contributed by atoms with van der Waals surface area (Å²) in [5.41, 5.74) is 1.81. The van der Waals surface area contributed by atoms with Crippen molar-refractivity contribution in [2.75, 3.05) is 11.9 Å². The number of nitrogens with two attached hydrogens (primary N) is 1. The van der Waals surface area contributed by atoms with Gasteiger partial charge in [-0.25, -0.2) is 13.6 Å². The van der Waals surface area contributed by atoms with Crippen LogP contribution in [-0.2, 0) is 16.6 Å². The van der Waals surface area contributed by atoms with E-state index in [0.717, 1.165) is 21.5 Å². The molecule has 0 fully saturated rings. The molecule has 0 aromatic heterocycles. The lowest BCUT2D eigenvalue weighted by atomic mass is 10.2. The average molecular weight is 385 g/mol. The topological polar surface area (TPSA) is 81.4 Å². The summed E-state index contributed by atoms with van der Waals surface area (Å²) in [5, 5.41) is 8.30. The van der Waals surface area contributed by atoms with Crippen LogP contribution in [0.4, 0.5) is 5.69 Å². The molecule has 2 rings (SSSR count). The highest BCUT2D eigenvalue weighted by molar-refractivity contribution is 9.10. The molecule has 7 heteroatoms. The number of hydrogen-bond donors (Lipinski definition) is 2. The third-order valence-electron chi connectivity index (χ3n) is 2.99. The van der Waals surface area contributed by atoms with Crippen LogP contribution in [0.1, 0.15) is 12.5 Å². The molecule has 2 aromatic carbocycles. The number of ether oxygens (including phenoxy) is 1. The van der Waals surface area contributed by atoms with E-state index in [2.05, 4.69) is 21.2 Å². The molecule has 118 valence electrons. The Morgan fingerprint density at radius 1 is 1.18 bits per heavy atom. The van der Waals surface area contributed by atoms with Gasteiger partial charge in [0, 0.05) is 22.3 Å². The molecule has 0 aliphatic rings. The fourth-order valence-electron chi connectivity index (χ4n) is 1.94. The summed E-state index contributed by atoms with van der Waals surface area (Å²) in [6.45, 7) is 3.09. The quantitative estimate of drug-likeness (QED) is 0.801. The second-order valence-electron chi connectivity index (χ2n) is 4.61. The summed E-state index contributed by atoms with van der Waals surface area (Å²) in [4.78, 5) is 0.0931. The van der Waals surface area contributed by atoms with Crippen molar-refractivity contribution < 1.29 is 13.2 Å². The van der Waals surface area contributed by atoms with Crippen molar-refractivity contribution in [3.8, 4) is 5.75 Å². The van der Waals surface area contributed by atoms with E-state index in [-0.39, 0.29) is 4.90 Å². The van der Waals surface area contributed by atoms with Gasteiger partial charge in [0.1, 0.15) is 5.75 Å². The van der Waals surface area contributed by atoms with Crippen LogP contribution < -0.4 is 15.2 Å². The molecule has 22 heavy (non-hydrogen) atoms. The summed E-state index contributed by atoms with van der Waals surface area (Å²) in [7, 11) is -3.66. The first-order chi connectivity index (χ1) is 10.4. The number of hydrogen-bond acceptors (Lipinski definition) is 4. The lowest BCUT2D eigenvalue weighted by molar-refractivity contribution is 0.337. The molecule has 0 amide bonds. The third-order valence-corrected chi connectivity index (χ3v) is 4.41. The maximum atomic E-state index is 11.2. The molecule has 0 heterocycles. The van der Waals surface area contributed by atoms with E-state index >= 15 is 0 Å². The van der Waals surface area contributed by atoms with Gasteiger partial charge in [-0.2, -0.15) is 0 Å².